The van der Waals surface area contributed by atoms with Crippen molar-refractivity contribution in [2.75, 3.05) is 5.32 Å². The van der Waals surface area contributed by atoms with Crippen molar-refractivity contribution >= 4 is 23.6 Å². The van der Waals surface area contributed by atoms with E-state index in [1.165, 1.54) is 25.7 Å². The Balaban J connectivity index is 0. The van der Waals surface area contributed by atoms with Crippen molar-refractivity contribution in [2.45, 2.75) is 93.4 Å². The standard InChI is InChI=1S/C20H23NO.C8H18.C2H6.CH2O2/c1-4-5-6-20(22)21-19-13-11-18(12-14-19)17-9-7-16(8-10-17)15(2)3;1-4-6-8(3)7-5-2;1-2;2-1-3/h7-14H,2,4-6H2,1,3H3,(H,21,22);8H,4-7H2,1-3H3;1-2H3;1H,(H,2,3). The Kier molecular flexibility index (Phi) is 22.4. The van der Waals surface area contributed by atoms with Crippen LogP contribution in [0.1, 0.15) is 99.0 Å². The summed E-state index contributed by atoms with van der Waals surface area (Å²) in [4.78, 5) is 20.1. The molecule has 2 aromatic carbocycles. The molecule has 0 bridgehead atoms. The van der Waals surface area contributed by atoms with E-state index in [4.69, 9.17) is 9.90 Å². The number of hydrogen-bond acceptors (Lipinski definition) is 2. The van der Waals surface area contributed by atoms with Gasteiger partial charge in [-0.3, -0.25) is 9.59 Å². The van der Waals surface area contributed by atoms with Crippen molar-refractivity contribution < 1.29 is 14.7 Å². The van der Waals surface area contributed by atoms with Gasteiger partial charge in [-0.1, -0.05) is 122 Å². The Labute approximate surface area is 214 Å². The number of allylic oxidation sites excluding steroid dienone is 1. The van der Waals surface area contributed by atoms with E-state index in [1.54, 1.807) is 0 Å². The van der Waals surface area contributed by atoms with Gasteiger partial charge >= 0.3 is 0 Å². The molecule has 0 radical (unpaired) electrons. The van der Waals surface area contributed by atoms with Crippen molar-refractivity contribution in [3.8, 4) is 11.1 Å². The molecule has 0 spiro atoms. The van der Waals surface area contributed by atoms with E-state index in [-0.39, 0.29) is 12.4 Å². The Bertz CT molecular complexity index is 789. The minimum Gasteiger partial charge on any atom is -0.483 e. The number of unbranched alkanes of at least 4 members (excludes halogenated alkanes) is 1. The van der Waals surface area contributed by atoms with Crippen LogP contribution in [-0.4, -0.2) is 17.5 Å². The second-order valence-electron chi connectivity index (χ2n) is 8.37. The highest BCUT2D eigenvalue weighted by Gasteiger charge is 2.03. The smallest absolute Gasteiger partial charge is 0.290 e. The summed E-state index contributed by atoms with van der Waals surface area (Å²) in [7, 11) is 0. The average Bonchev–Trinajstić information content (AvgIpc) is 2.86. The second-order valence-corrected chi connectivity index (χ2v) is 8.37. The molecule has 2 aromatic rings. The van der Waals surface area contributed by atoms with Crippen LogP contribution >= 0.6 is 0 Å². The Morgan fingerprint density at radius 3 is 1.71 bits per heavy atom. The van der Waals surface area contributed by atoms with Crippen LogP contribution in [0.2, 0.25) is 0 Å². The van der Waals surface area contributed by atoms with Crippen LogP contribution in [0.15, 0.2) is 55.1 Å². The van der Waals surface area contributed by atoms with Crippen molar-refractivity contribution in [1.82, 2.24) is 0 Å². The fraction of sp³-hybridized carbons (Fsp3) is 0.484. The largest absolute Gasteiger partial charge is 0.483 e. The van der Waals surface area contributed by atoms with Crippen LogP contribution in [0, 0.1) is 5.92 Å². The van der Waals surface area contributed by atoms with Crippen LogP contribution in [0.5, 0.6) is 0 Å². The minimum atomic E-state index is -0.250. The summed E-state index contributed by atoms with van der Waals surface area (Å²) in [5.74, 6) is 1.05. The highest BCUT2D eigenvalue weighted by atomic mass is 16.3. The Hall–Kier alpha value is -2.88. The molecule has 0 fully saturated rings. The molecule has 0 aliphatic rings. The van der Waals surface area contributed by atoms with E-state index in [2.05, 4.69) is 63.9 Å². The van der Waals surface area contributed by atoms with E-state index in [1.807, 2.05) is 45.0 Å². The predicted molar refractivity (Wildman–Crippen MR) is 154 cm³/mol. The number of anilines is 1. The van der Waals surface area contributed by atoms with Gasteiger partial charge < -0.3 is 10.4 Å². The first kappa shape index (κ1) is 34.3. The molecule has 0 heterocycles. The molecule has 0 aliphatic heterocycles. The van der Waals surface area contributed by atoms with Gasteiger partial charge in [0.25, 0.3) is 6.47 Å². The van der Waals surface area contributed by atoms with Crippen molar-refractivity contribution in [1.29, 1.82) is 0 Å². The van der Waals surface area contributed by atoms with E-state index in [0.717, 1.165) is 46.7 Å². The summed E-state index contributed by atoms with van der Waals surface area (Å²) in [5, 5.41) is 9.82. The monoisotopic (exact) mass is 483 g/mol. The fourth-order valence-electron chi connectivity index (χ4n) is 3.38. The van der Waals surface area contributed by atoms with E-state index >= 15 is 0 Å². The second kappa shape index (κ2) is 22.9. The zero-order valence-electron chi connectivity index (χ0n) is 23.2. The van der Waals surface area contributed by atoms with Crippen molar-refractivity contribution in [3.05, 3.63) is 60.7 Å². The fourth-order valence-corrected chi connectivity index (χ4v) is 3.38. The topological polar surface area (TPSA) is 66.4 Å². The van der Waals surface area contributed by atoms with Gasteiger partial charge in [-0.15, -0.1) is 0 Å². The molecule has 0 atom stereocenters. The Morgan fingerprint density at radius 2 is 1.34 bits per heavy atom. The summed E-state index contributed by atoms with van der Waals surface area (Å²) in [6.45, 7) is 18.6. The lowest BCUT2D eigenvalue weighted by molar-refractivity contribution is -0.123. The molecule has 35 heavy (non-hydrogen) atoms. The van der Waals surface area contributed by atoms with Gasteiger partial charge in [0.15, 0.2) is 0 Å². The van der Waals surface area contributed by atoms with Crippen LogP contribution in [0.3, 0.4) is 0 Å². The zero-order valence-corrected chi connectivity index (χ0v) is 23.2. The van der Waals surface area contributed by atoms with E-state index < -0.39 is 0 Å². The minimum absolute atomic E-state index is 0.0837. The summed E-state index contributed by atoms with van der Waals surface area (Å²) in [6.07, 6.45) is 8.07. The molecule has 0 saturated carbocycles. The van der Waals surface area contributed by atoms with Gasteiger partial charge in [-0.05, 0) is 48.1 Å². The maximum Gasteiger partial charge on any atom is 0.290 e. The number of nitrogens with one attached hydrogen (secondary N) is 1. The first-order valence-electron chi connectivity index (χ1n) is 13.1. The third-order valence-electron chi connectivity index (χ3n) is 5.20. The van der Waals surface area contributed by atoms with Crippen molar-refractivity contribution in [3.63, 3.8) is 0 Å². The van der Waals surface area contributed by atoms with E-state index in [9.17, 15) is 4.79 Å². The molecule has 196 valence electrons. The normalized spacial score (nSPS) is 9.37. The molecular formula is C31H49NO3. The first-order valence-corrected chi connectivity index (χ1v) is 13.1. The lowest BCUT2D eigenvalue weighted by Gasteiger charge is -2.07. The number of carbonyl (C=O) groups is 2. The zero-order chi connectivity index (χ0) is 27.1. The van der Waals surface area contributed by atoms with Gasteiger partial charge in [0.05, 0.1) is 0 Å². The number of carboxylic acid groups (broad SMARTS) is 1. The third kappa shape index (κ3) is 17.2. The first-order chi connectivity index (χ1) is 16.8. The molecule has 2 N–H and O–H groups in total. The highest BCUT2D eigenvalue weighted by molar-refractivity contribution is 5.91. The predicted octanol–water partition coefficient (Wildman–Crippen LogP) is 9.47. The van der Waals surface area contributed by atoms with Gasteiger partial charge in [0.2, 0.25) is 5.91 Å². The molecule has 1 amide bonds. The molecule has 0 aromatic heterocycles. The molecule has 4 nitrogen and oxygen atoms in total. The summed E-state index contributed by atoms with van der Waals surface area (Å²) < 4.78 is 0. The molecule has 0 aliphatic carbocycles. The number of carbonyl (C=O) groups excluding carboxylic acids is 1. The van der Waals surface area contributed by atoms with Crippen LogP contribution in [-0.2, 0) is 9.59 Å². The van der Waals surface area contributed by atoms with Gasteiger partial charge in [0.1, 0.15) is 0 Å². The maximum absolute atomic E-state index is 11.7. The van der Waals surface area contributed by atoms with Crippen LogP contribution in [0.25, 0.3) is 16.7 Å². The molecular weight excluding hydrogens is 434 g/mol. The number of benzene rings is 2. The molecule has 4 heteroatoms. The lowest BCUT2D eigenvalue weighted by Crippen LogP contribution is -2.10. The summed E-state index contributed by atoms with van der Waals surface area (Å²) >= 11 is 0. The number of amides is 1. The SMILES string of the molecule is C=C(C)c1ccc(-c2ccc(NC(=O)CCCC)cc2)cc1.CC.CCCC(C)CCC.O=CO. The average molecular weight is 484 g/mol. The lowest BCUT2D eigenvalue weighted by atomic mass is 10.0. The highest BCUT2D eigenvalue weighted by Crippen LogP contribution is 2.23. The summed E-state index contributed by atoms with van der Waals surface area (Å²) in [5.41, 5.74) is 5.37. The molecule has 0 saturated heterocycles. The van der Waals surface area contributed by atoms with E-state index in [0.29, 0.717) is 6.42 Å². The van der Waals surface area contributed by atoms with Crippen LogP contribution < -0.4 is 5.32 Å². The van der Waals surface area contributed by atoms with Crippen LogP contribution in [0.4, 0.5) is 5.69 Å². The molecule has 2 rings (SSSR count). The Morgan fingerprint density at radius 1 is 0.914 bits per heavy atom. The summed E-state index contributed by atoms with van der Waals surface area (Å²) in [6, 6.07) is 16.3. The third-order valence-corrected chi connectivity index (χ3v) is 5.20. The quantitative estimate of drug-likeness (QED) is 0.331. The number of hydrogen-bond donors (Lipinski definition) is 2. The van der Waals surface area contributed by atoms with Crippen molar-refractivity contribution in [2.24, 2.45) is 5.92 Å². The molecule has 0 unspecified atom stereocenters. The maximum atomic E-state index is 11.7. The van der Waals surface area contributed by atoms with Gasteiger partial charge in [-0.2, -0.15) is 0 Å². The van der Waals surface area contributed by atoms with Gasteiger partial charge in [-0.25, -0.2) is 0 Å². The number of rotatable bonds is 10. The van der Waals surface area contributed by atoms with Gasteiger partial charge in [0, 0.05) is 12.1 Å².